The molecule has 50 heavy (non-hydrogen) atoms. The molecule has 1 amide bonds. The smallest absolute Gasteiger partial charge is 0.213 e. The lowest BCUT2D eigenvalue weighted by atomic mass is 9.88. The van der Waals surface area contributed by atoms with Gasteiger partial charge in [0.05, 0.1) is 11.4 Å². The van der Waals surface area contributed by atoms with Crippen LogP contribution in [0.3, 0.4) is 0 Å². The van der Waals surface area contributed by atoms with Crippen molar-refractivity contribution in [1.82, 2.24) is 15.0 Å². The van der Waals surface area contributed by atoms with Gasteiger partial charge in [-0.05, 0) is 55.9 Å². The van der Waals surface area contributed by atoms with E-state index in [1.165, 1.54) is 11.1 Å². The van der Waals surface area contributed by atoms with Gasteiger partial charge in [0.15, 0.2) is 17.5 Å². The van der Waals surface area contributed by atoms with Crippen LogP contribution in [0.5, 0.6) is 0 Å². The summed E-state index contributed by atoms with van der Waals surface area (Å²) in [6.45, 7) is 0. The summed E-state index contributed by atoms with van der Waals surface area (Å²) >= 11 is 0. The quantitative estimate of drug-likeness (QED) is 0.131. The van der Waals surface area contributed by atoms with Crippen molar-refractivity contribution in [2.75, 3.05) is 24.3 Å². The number of benzene rings is 7. The molecule has 1 N–H and O–H groups in total. The maximum absolute atomic E-state index is 11.6. The number of aromatic nitrogens is 3. The number of rotatable bonds is 8. The number of anilines is 2. The lowest BCUT2D eigenvalue weighted by Gasteiger charge is -2.18. The molecule has 0 bridgehead atoms. The molecule has 0 radical (unpaired) electrons. The fraction of sp³-hybridized carbons (Fsp3) is 0.0455. The summed E-state index contributed by atoms with van der Waals surface area (Å²) in [5, 5.41) is 7.62. The first kappa shape index (κ1) is 30.7. The zero-order valence-electron chi connectivity index (χ0n) is 27.7. The molecule has 8 aromatic rings. The van der Waals surface area contributed by atoms with Crippen LogP contribution in [0.1, 0.15) is 0 Å². The summed E-state index contributed by atoms with van der Waals surface area (Å²) in [5.74, 6) is 1.82. The number of nitrogens with zero attached hydrogens (tertiary/aromatic N) is 4. The van der Waals surface area contributed by atoms with Crippen LogP contribution in [0.4, 0.5) is 11.4 Å². The van der Waals surface area contributed by atoms with Crippen molar-refractivity contribution in [2.24, 2.45) is 0 Å². The molecular formula is C44H33N5O. The van der Waals surface area contributed by atoms with E-state index in [4.69, 9.17) is 15.0 Å². The van der Waals surface area contributed by atoms with Crippen molar-refractivity contribution in [3.63, 3.8) is 0 Å². The maximum atomic E-state index is 11.6. The fourth-order valence-electron chi connectivity index (χ4n) is 6.70. The van der Waals surface area contributed by atoms with Crippen molar-refractivity contribution < 1.29 is 4.79 Å². The normalized spacial score (nSPS) is 11.1. The minimum Gasteiger partial charge on any atom is -0.386 e. The van der Waals surface area contributed by atoms with Crippen LogP contribution in [0.15, 0.2) is 152 Å². The Labute approximate surface area is 290 Å². The first-order valence-corrected chi connectivity index (χ1v) is 16.5. The molecule has 6 nitrogen and oxygen atoms in total. The van der Waals surface area contributed by atoms with Gasteiger partial charge in [0.25, 0.3) is 0 Å². The van der Waals surface area contributed by atoms with Gasteiger partial charge in [-0.15, -0.1) is 0 Å². The minimum absolute atomic E-state index is 0.590. The van der Waals surface area contributed by atoms with Gasteiger partial charge in [-0.1, -0.05) is 140 Å². The molecule has 0 aliphatic rings. The van der Waals surface area contributed by atoms with Gasteiger partial charge in [0.2, 0.25) is 6.41 Å². The molecule has 1 aromatic heterocycles. The monoisotopic (exact) mass is 647 g/mol. The third kappa shape index (κ3) is 5.53. The second-order valence-electron chi connectivity index (χ2n) is 12.2. The van der Waals surface area contributed by atoms with Gasteiger partial charge in [-0.3, -0.25) is 4.79 Å². The topological polar surface area (TPSA) is 71.0 Å². The Hall–Kier alpha value is -6.66. The Morgan fingerprint density at radius 3 is 1.46 bits per heavy atom. The van der Waals surface area contributed by atoms with Crippen molar-refractivity contribution in [3.8, 4) is 56.4 Å². The molecule has 8 rings (SSSR count). The van der Waals surface area contributed by atoms with Gasteiger partial charge in [-0.2, -0.15) is 0 Å². The number of hydrogen-bond donors (Lipinski definition) is 1. The molecule has 0 aliphatic carbocycles. The summed E-state index contributed by atoms with van der Waals surface area (Å²) in [6, 6.07) is 52.0. The predicted molar refractivity (Wildman–Crippen MR) is 206 cm³/mol. The van der Waals surface area contributed by atoms with Crippen LogP contribution in [0, 0.1) is 0 Å². The SMILES string of the molecule is CNc1ccc(-c2ccc(-c3nc(-c4ccccc4)nc(-c4c5ccccc5c(-c5ccccc5)c5ccccc45)n3)cc2)cc1N(C)C=O. The van der Waals surface area contributed by atoms with Crippen LogP contribution >= 0.6 is 0 Å². The lowest BCUT2D eigenvalue weighted by Crippen LogP contribution is -2.15. The van der Waals surface area contributed by atoms with E-state index >= 15 is 0 Å². The summed E-state index contributed by atoms with van der Waals surface area (Å²) in [4.78, 5) is 28.5. The van der Waals surface area contributed by atoms with Gasteiger partial charge >= 0.3 is 0 Å². The second kappa shape index (κ2) is 13.1. The molecule has 240 valence electrons. The van der Waals surface area contributed by atoms with Crippen molar-refractivity contribution >= 4 is 39.3 Å². The average molecular weight is 648 g/mol. The molecule has 1 heterocycles. The van der Waals surface area contributed by atoms with Crippen molar-refractivity contribution in [2.45, 2.75) is 0 Å². The molecule has 0 saturated heterocycles. The molecular weight excluding hydrogens is 615 g/mol. The van der Waals surface area contributed by atoms with Crippen LogP contribution in [0.25, 0.3) is 78.0 Å². The Bertz CT molecular complexity index is 2440. The summed E-state index contributed by atoms with van der Waals surface area (Å²) < 4.78 is 0. The Kier molecular flexibility index (Phi) is 8.03. The lowest BCUT2D eigenvalue weighted by molar-refractivity contribution is -0.107. The van der Waals surface area contributed by atoms with Crippen molar-refractivity contribution in [3.05, 3.63) is 152 Å². The number of fused-ring (bicyclic) bond motifs is 2. The highest BCUT2D eigenvalue weighted by atomic mass is 16.1. The standard InChI is InChI=1S/C44H33N5O/c1-45-38-26-25-33(27-39(38)49(2)28-50)29-21-23-32(24-22-29)43-46-42(31-15-7-4-8-16-31)47-44(48-43)41-36-19-11-9-17-34(36)40(30-13-5-3-6-14-30)35-18-10-12-20-37(35)41/h3-28,45H,1-2H3. The largest absolute Gasteiger partial charge is 0.386 e. The average Bonchev–Trinajstić information content (AvgIpc) is 3.19. The van der Waals surface area contributed by atoms with Crippen LogP contribution < -0.4 is 10.2 Å². The molecule has 0 aliphatic heterocycles. The third-order valence-corrected chi connectivity index (χ3v) is 9.17. The molecule has 0 atom stereocenters. The number of hydrogen-bond acceptors (Lipinski definition) is 5. The first-order chi connectivity index (χ1) is 24.6. The fourth-order valence-corrected chi connectivity index (χ4v) is 6.70. The van der Waals surface area contributed by atoms with Gasteiger partial charge in [0, 0.05) is 30.8 Å². The molecule has 0 unspecified atom stereocenters. The minimum atomic E-state index is 0.590. The molecule has 6 heteroatoms. The Morgan fingerprint density at radius 1 is 0.480 bits per heavy atom. The number of carbonyl (C=O) groups is 1. The third-order valence-electron chi connectivity index (χ3n) is 9.17. The Morgan fingerprint density at radius 2 is 0.920 bits per heavy atom. The second-order valence-corrected chi connectivity index (χ2v) is 12.2. The van der Waals surface area contributed by atoms with Gasteiger partial charge in [0.1, 0.15) is 0 Å². The van der Waals surface area contributed by atoms with E-state index < -0.39 is 0 Å². The van der Waals surface area contributed by atoms with E-state index in [1.54, 1.807) is 11.9 Å². The molecule has 0 fully saturated rings. The van der Waals surface area contributed by atoms with Gasteiger partial charge in [-0.25, -0.2) is 15.0 Å². The number of carbonyl (C=O) groups excluding carboxylic acids is 1. The summed E-state index contributed by atoms with van der Waals surface area (Å²) in [6.07, 6.45) is 0.813. The predicted octanol–water partition coefficient (Wildman–Crippen LogP) is 10.1. The highest BCUT2D eigenvalue weighted by Gasteiger charge is 2.20. The molecule has 0 saturated carbocycles. The number of nitrogens with one attached hydrogen (secondary N) is 1. The van der Waals surface area contributed by atoms with E-state index in [0.717, 1.165) is 67.1 Å². The van der Waals surface area contributed by atoms with Crippen molar-refractivity contribution in [1.29, 1.82) is 0 Å². The number of amides is 1. The summed E-state index contributed by atoms with van der Waals surface area (Å²) in [5.41, 5.74) is 8.82. The van der Waals surface area contributed by atoms with E-state index in [2.05, 4.69) is 96.3 Å². The zero-order valence-corrected chi connectivity index (χ0v) is 27.7. The Balaban J connectivity index is 1.32. The highest BCUT2D eigenvalue weighted by molar-refractivity contribution is 6.20. The maximum Gasteiger partial charge on any atom is 0.213 e. The van der Waals surface area contributed by atoms with E-state index in [1.807, 2.05) is 67.7 Å². The highest BCUT2D eigenvalue weighted by Crippen LogP contribution is 2.43. The molecule has 7 aromatic carbocycles. The van der Waals surface area contributed by atoms with E-state index in [9.17, 15) is 4.79 Å². The van der Waals surface area contributed by atoms with E-state index in [0.29, 0.717) is 17.5 Å². The first-order valence-electron chi connectivity index (χ1n) is 16.5. The van der Waals surface area contributed by atoms with Gasteiger partial charge < -0.3 is 10.2 Å². The summed E-state index contributed by atoms with van der Waals surface area (Å²) in [7, 11) is 3.60. The van der Waals surface area contributed by atoms with Crippen LogP contribution in [-0.2, 0) is 4.79 Å². The van der Waals surface area contributed by atoms with E-state index in [-0.39, 0.29) is 0 Å². The molecule has 0 spiro atoms. The van der Waals surface area contributed by atoms with Crippen LogP contribution in [0.2, 0.25) is 0 Å². The zero-order chi connectivity index (χ0) is 34.0. The van der Waals surface area contributed by atoms with Crippen LogP contribution in [-0.4, -0.2) is 35.5 Å².